The minimum Gasteiger partial charge on any atom is -0.494 e. The van der Waals surface area contributed by atoms with Gasteiger partial charge < -0.3 is 14.6 Å². The molecule has 3 heterocycles. The first-order chi connectivity index (χ1) is 16.4. The summed E-state index contributed by atoms with van der Waals surface area (Å²) >= 11 is 0. The summed E-state index contributed by atoms with van der Waals surface area (Å²) in [7, 11) is 0. The van der Waals surface area contributed by atoms with E-state index in [1.807, 2.05) is 41.9 Å². The number of anilines is 1. The van der Waals surface area contributed by atoms with E-state index in [4.69, 9.17) is 4.74 Å². The molecule has 1 N–H and O–H groups in total. The van der Waals surface area contributed by atoms with E-state index in [0.29, 0.717) is 18.0 Å². The minimum atomic E-state index is -0.445. The van der Waals surface area contributed by atoms with Gasteiger partial charge in [0.15, 0.2) is 5.82 Å². The molecule has 0 unspecified atom stereocenters. The van der Waals surface area contributed by atoms with Gasteiger partial charge in [-0.3, -0.25) is 4.79 Å². The summed E-state index contributed by atoms with van der Waals surface area (Å²) in [6.45, 7) is 9.52. The predicted molar refractivity (Wildman–Crippen MR) is 133 cm³/mol. The molecule has 0 spiro atoms. The van der Waals surface area contributed by atoms with E-state index in [1.165, 1.54) is 5.56 Å². The highest BCUT2D eigenvalue weighted by Crippen LogP contribution is 2.37. The van der Waals surface area contributed by atoms with E-state index in [0.717, 1.165) is 41.7 Å². The van der Waals surface area contributed by atoms with Crippen molar-refractivity contribution in [3.05, 3.63) is 75.8 Å². The van der Waals surface area contributed by atoms with Gasteiger partial charge in [-0.05, 0) is 86.9 Å². The van der Waals surface area contributed by atoms with E-state index in [9.17, 15) is 4.79 Å². The van der Waals surface area contributed by atoms with Crippen molar-refractivity contribution >= 4 is 16.6 Å². The Bertz CT molecular complexity index is 1380. The van der Waals surface area contributed by atoms with Gasteiger partial charge in [0.05, 0.1) is 12.1 Å². The Kier molecular flexibility index (Phi) is 5.59. The lowest BCUT2D eigenvalue weighted by molar-refractivity contribution is 0.329. The molecule has 1 aliphatic heterocycles. The zero-order valence-corrected chi connectivity index (χ0v) is 20.1. The molecule has 34 heavy (non-hydrogen) atoms. The molecule has 2 aromatic carbocycles. The number of aromatic nitrogens is 5. The number of nitrogens with zero attached hydrogens (tertiary/aromatic N) is 5. The highest BCUT2D eigenvalue weighted by molar-refractivity contribution is 5.81. The molecule has 0 radical (unpaired) electrons. The van der Waals surface area contributed by atoms with Crippen LogP contribution in [0.2, 0.25) is 0 Å². The highest BCUT2D eigenvalue weighted by atomic mass is 16.5. The van der Waals surface area contributed by atoms with Crippen LogP contribution in [0, 0.1) is 0 Å². The molecule has 176 valence electrons. The third kappa shape index (κ3) is 3.93. The number of H-pyrrole nitrogens is 1. The smallest absolute Gasteiger partial charge is 0.254 e. The van der Waals surface area contributed by atoms with Crippen LogP contribution in [-0.4, -0.2) is 38.3 Å². The van der Waals surface area contributed by atoms with Crippen molar-refractivity contribution in [2.45, 2.75) is 52.1 Å². The van der Waals surface area contributed by atoms with Crippen molar-refractivity contribution in [2.75, 3.05) is 18.1 Å². The fourth-order valence-electron chi connectivity index (χ4n) is 4.78. The van der Waals surface area contributed by atoms with E-state index in [1.54, 1.807) is 0 Å². The monoisotopic (exact) mass is 458 g/mol. The average Bonchev–Trinajstić information content (AvgIpc) is 3.30. The van der Waals surface area contributed by atoms with Crippen molar-refractivity contribution in [2.24, 2.45) is 0 Å². The fourth-order valence-corrected chi connectivity index (χ4v) is 4.78. The van der Waals surface area contributed by atoms with Gasteiger partial charge in [0.25, 0.3) is 5.56 Å². The molecule has 5 rings (SSSR count). The van der Waals surface area contributed by atoms with Crippen LogP contribution in [-0.2, 0) is 12.0 Å². The van der Waals surface area contributed by atoms with E-state index < -0.39 is 6.04 Å². The maximum atomic E-state index is 13.5. The first-order valence-electron chi connectivity index (χ1n) is 11.8. The summed E-state index contributed by atoms with van der Waals surface area (Å²) in [5.41, 5.74) is 3.27. The summed E-state index contributed by atoms with van der Waals surface area (Å²) in [6.07, 6.45) is 2.00. The summed E-state index contributed by atoms with van der Waals surface area (Å²) in [5, 5.41) is 13.7. The van der Waals surface area contributed by atoms with E-state index in [-0.39, 0.29) is 11.1 Å². The Balaban J connectivity index is 1.75. The van der Waals surface area contributed by atoms with Gasteiger partial charge in [0, 0.05) is 28.7 Å². The SMILES string of the molecule is CCOc1ccc2[nH]c(=O)c([C@@H](c3nnnn3C(C)(C)C)N3CCCc4ccccc43)cc2c1. The number of aryl methyl sites for hydroxylation is 1. The number of hydrogen-bond acceptors (Lipinski definition) is 6. The van der Waals surface area contributed by atoms with Crippen LogP contribution >= 0.6 is 0 Å². The maximum absolute atomic E-state index is 13.5. The van der Waals surface area contributed by atoms with Crippen LogP contribution in [0.25, 0.3) is 10.9 Å². The zero-order valence-electron chi connectivity index (χ0n) is 20.1. The Labute approximate surface area is 198 Å². The van der Waals surface area contributed by atoms with Crippen LogP contribution in [0.5, 0.6) is 5.75 Å². The van der Waals surface area contributed by atoms with Crippen molar-refractivity contribution in [3.63, 3.8) is 0 Å². The molecular weight excluding hydrogens is 428 g/mol. The van der Waals surface area contributed by atoms with Crippen molar-refractivity contribution in [1.82, 2.24) is 25.2 Å². The number of hydrogen-bond donors (Lipinski definition) is 1. The van der Waals surface area contributed by atoms with Crippen LogP contribution in [0.15, 0.2) is 53.3 Å². The molecular formula is C26H30N6O2. The number of nitrogens with one attached hydrogen (secondary N) is 1. The first kappa shape index (κ1) is 22.1. The Morgan fingerprint density at radius 1 is 1.15 bits per heavy atom. The molecule has 4 aromatic rings. The summed E-state index contributed by atoms with van der Waals surface area (Å²) < 4.78 is 7.53. The maximum Gasteiger partial charge on any atom is 0.254 e. The second kappa shape index (κ2) is 8.59. The molecule has 0 saturated carbocycles. The van der Waals surface area contributed by atoms with Crippen LogP contribution in [0.4, 0.5) is 5.69 Å². The fraction of sp³-hybridized carbons (Fsp3) is 0.385. The number of rotatable bonds is 5. The van der Waals surface area contributed by atoms with Gasteiger partial charge >= 0.3 is 0 Å². The molecule has 2 aromatic heterocycles. The lowest BCUT2D eigenvalue weighted by atomic mass is 9.96. The Morgan fingerprint density at radius 3 is 2.76 bits per heavy atom. The third-order valence-corrected chi connectivity index (χ3v) is 6.28. The molecule has 1 atom stereocenters. The molecule has 0 aliphatic carbocycles. The molecule has 0 amide bonds. The predicted octanol–water partition coefficient (Wildman–Crippen LogP) is 4.21. The zero-order chi connectivity index (χ0) is 23.9. The highest BCUT2D eigenvalue weighted by Gasteiger charge is 2.35. The summed E-state index contributed by atoms with van der Waals surface area (Å²) in [5.74, 6) is 1.42. The van der Waals surface area contributed by atoms with E-state index >= 15 is 0 Å². The summed E-state index contributed by atoms with van der Waals surface area (Å²) in [6, 6.07) is 15.6. The quantitative estimate of drug-likeness (QED) is 0.482. The van der Waals surface area contributed by atoms with Crippen molar-refractivity contribution < 1.29 is 4.74 Å². The number of aromatic amines is 1. The topological polar surface area (TPSA) is 88.9 Å². The summed E-state index contributed by atoms with van der Waals surface area (Å²) in [4.78, 5) is 18.9. The second-order valence-electron chi connectivity index (χ2n) is 9.68. The van der Waals surface area contributed by atoms with Gasteiger partial charge in [0.2, 0.25) is 0 Å². The molecule has 0 fully saturated rings. The number of para-hydroxylation sites is 1. The number of ether oxygens (including phenoxy) is 1. The van der Waals surface area contributed by atoms with Gasteiger partial charge in [-0.15, -0.1) is 5.10 Å². The standard InChI is InChI=1S/C26H30N6O2/c1-5-34-19-12-13-21-18(15-19)16-20(25(33)27-21)23(24-28-29-30-32(24)26(2,3)4)31-14-8-10-17-9-6-7-11-22(17)31/h6-7,9,11-13,15-16,23H,5,8,10,14H2,1-4H3,(H,27,33)/t23-/m0/s1. The number of pyridine rings is 1. The van der Waals surface area contributed by atoms with Gasteiger partial charge in [0.1, 0.15) is 11.8 Å². The molecule has 8 heteroatoms. The third-order valence-electron chi connectivity index (χ3n) is 6.28. The molecule has 8 nitrogen and oxygen atoms in total. The van der Waals surface area contributed by atoms with Gasteiger partial charge in [-0.1, -0.05) is 18.2 Å². The molecule has 0 saturated heterocycles. The number of fused-ring (bicyclic) bond motifs is 2. The molecule has 1 aliphatic rings. The normalized spacial score (nSPS) is 14.8. The Hall–Kier alpha value is -3.68. The van der Waals surface area contributed by atoms with Crippen molar-refractivity contribution in [3.8, 4) is 5.75 Å². The lowest BCUT2D eigenvalue weighted by Gasteiger charge is -2.38. The lowest BCUT2D eigenvalue weighted by Crippen LogP contribution is -2.40. The minimum absolute atomic E-state index is 0.145. The molecule has 0 bridgehead atoms. The van der Waals surface area contributed by atoms with Crippen LogP contribution in [0.1, 0.15) is 57.1 Å². The average molecular weight is 459 g/mol. The van der Waals surface area contributed by atoms with Crippen LogP contribution < -0.4 is 15.2 Å². The van der Waals surface area contributed by atoms with Gasteiger partial charge in [-0.25, -0.2) is 4.68 Å². The van der Waals surface area contributed by atoms with E-state index in [2.05, 4.69) is 64.4 Å². The van der Waals surface area contributed by atoms with Crippen molar-refractivity contribution in [1.29, 1.82) is 0 Å². The first-order valence-corrected chi connectivity index (χ1v) is 11.8. The van der Waals surface area contributed by atoms with Crippen LogP contribution in [0.3, 0.4) is 0 Å². The number of tetrazole rings is 1. The largest absolute Gasteiger partial charge is 0.494 e. The number of benzene rings is 2. The van der Waals surface area contributed by atoms with Gasteiger partial charge in [-0.2, -0.15) is 0 Å². The Morgan fingerprint density at radius 2 is 1.97 bits per heavy atom. The second-order valence-corrected chi connectivity index (χ2v) is 9.68.